The summed E-state index contributed by atoms with van der Waals surface area (Å²) in [6.45, 7) is -0.106. The Morgan fingerprint density at radius 1 is 1.16 bits per heavy atom. The van der Waals surface area contributed by atoms with Crippen LogP contribution >= 0.6 is 0 Å². The standard InChI is InChI=1S/C9H7F3O2.C6H9F3O2/c1-14-8(13)6-4-2-3-5-7(6)9(10,11)12;1-2-11-6(10)5(9)4(8)3-7/h2-5H,1H3;4-5H,2-3H2,1H3. The van der Waals surface area contributed by atoms with Crippen molar-refractivity contribution < 1.29 is 45.4 Å². The van der Waals surface area contributed by atoms with Gasteiger partial charge < -0.3 is 9.47 Å². The Bertz CT molecular complexity index is 561. The summed E-state index contributed by atoms with van der Waals surface area (Å²) in [6.07, 6.45) is -9.45. The van der Waals surface area contributed by atoms with E-state index in [0.717, 1.165) is 19.2 Å². The number of hydrogen-bond donors (Lipinski definition) is 0. The van der Waals surface area contributed by atoms with Gasteiger partial charge in [0.15, 0.2) is 6.17 Å². The van der Waals surface area contributed by atoms with Gasteiger partial charge in [-0.15, -0.1) is 0 Å². The second-order valence-corrected chi connectivity index (χ2v) is 4.36. The first-order chi connectivity index (χ1) is 11.6. The molecule has 1 rings (SSSR count). The van der Waals surface area contributed by atoms with Crippen molar-refractivity contribution in [2.24, 2.45) is 0 Å². The quantitative estimate of drug-likeness (QED) is 0.583. The predicted molar refractivity (Wildman–Crippen MR) is 75.2 cm³/mol. The first kappa shape index (κ1) is 22.7. The SMILES string of the molecule is CCOC(=O)C(F)C(F)CF.COC(=O)c1ccccc1C(F)(F)F. The number of carbonyl (C=O) groups is 2. The molecular weight excluding hydrogens is 358 g/mol. The van der Waals surface area contributed by atoms with E-state index in [0.29, 0.717) is 0 Å². The highest BCUT2D eigenvalue weighted by atomic mass is 19.4. The van der Waals surface area contributed by atoms with Crippen molar-refractivity contribution in [2.75, 3.05) is 20.4 Å². The van der Waals surface area contributed by atoms with E-state index in [9.17, 15) is 35.9 Å². The minimum Gasteiger partial charge on any atom is -0.465 e. The lowest BCUT2D eigenvalue weighted by Crippen LogP contribution is -2.30. The summed E-state index contributed by atoms with van der Waals surface area (Å²) in [5.74, 6) is -2.34. The van der Waals surface area contributed by atoms with Gasteiger partial charge in [-0.05, 0) is 19.1 Å². The molecule has 0 fully saturated rings. The molecule has 0 aliphatic heterocycles. The van der Waals surface area contributed by atoms with Gasteiger partial charge >= 0.3 is 18.1 Å². The lowest BCUT2D eigenvalue weighted by molar-refractivity contribution is -0.152. The molecule has 0 heterocycles. The maximum atomic E-state index is 12.3. The van der Waals surface area contributed by atoms with Gasteiger partial charge in [0.25, 0.3) is 0 Å². The molecule has 4 nitrogen and oxygen atoms in total. The van der Waals surface area contributed by atoms with Crippen molar-refractivity contribution in [3.8, 4) is 0 Å². The zero-order valence-corrected chi connectivity index (χ0v) is 13.3. The van der Waals surface area contributed by atoms with Gasteiger partial charge in [-0.25, -0.2) is 22.8 Å². The molecule has 2 atom stereocenters. The summed E-state index contributed by atoms with van der Waals surface area (Å²) >= 11 is 0. The van der Waals surface area contributed by atoms with E-state index in [1.54, 1.807) is 0 Å². The first-order valence-corrected chi connectivity index (χ1v) is 6.85. The Morgan fingerprint density at radius 3 is 2.16 bits per heavy atom. The van der Waals surface area contributed by atoms with Crippen LogP contribution in [0.3, 0.4) is 0 Å². The van der Waals surface area contributed by atoms with Crippen LogP contribution in [0, 0.1) is 0 Å². The zero-order chi connectivity index (χ0) is 19.6. The van der Waals surface area contributed by atoms with Crippen molar-refractivity contribution in [3.05, 3.63) is 35.4 Å². The molecule has 0 aromatic heterocycles. The number of esters is 2. The fraction of sp³-hybridized carbons (Fsp3) is 0.467. The summed E-state index contributed by atoms with van der Waals surface area (Å²) in [6, 6.07) is 4.48. The van der Waals surface area contributed by atoms with E-state index >= 15 is 0 Å². The Balaban J connectivity index is 0.000000477. The lowest BCUT2D eigenvalue weighted by Gasteiger charge is -2.10. The van der Waals surface area contributed by atoms with Gasteiger partial charge in [-0.2, -0.15) is 13.2 Å². The number of benzene rings is 1. The molecule has 0 aliphatic carbocycles. The highest BCUT2D eigenvalue weighted by Gasteiger charge is 2.35. The minimum atomic E-state index is -4.54. The number of methoxy groups -OCH3 is 1. The Hall–Kier alpha value is -2.26. The molecule has 0 saturated carbocycles. The van der Waals surface area contributed by atoms with Crippen LogP contribution in [0.5, 0.6) is 0 Å². The third-order valence-electron chi connectivity index (χ3n) is 2.61. The molecule has 0 bridgehead atoms. The third-order valence-corrected chi connectivity index (χ3v) is 2.61. The average molecular weight is 374 g/mol. The van der Waals surface area contributed by atoms with Gasteiger partial charge in [0.1, 0.15) is 6.67 Å². The van der Waals surface area contributed by atoms with E-state index in [-0.39, 0.29) is 6.61 Å². The van der Waals surface area contributed by atoms with Crippen LogP contribution in [0.1, 0.15) is 22.8 Å². The molecule has 0 saturated heterocycles. The molecule has 142 valence electrons. The second kappa shape index (κ2) is 10.6. The number of carbonyl (C=O) groups excluding carboxylic acids is 2. The molecule has 0 amide bonds. The molecule has 10 heteroatoms. The van der Waals surface area contributed by atoms with E-state index in [4.69, 9.17) is 0 Å². The van der Waals surface area contributed by atoms with Crippen LogP contribution < -0.4 is 0 Å². The zero-order valence-electron chi connectivity index (χ0n) is 13.3. The van der Waals surface area contributed by atoms with Crippen LogP contribution in [0.25, 0.3) is 0 Å². The van der Waals surface area contributed by atoms with Gasteiger partial charge in [0, 0.05) is 0 Å². The van der Waals surface area contributed by atoms with Crippen LogP contribution in [0.15, 0.2) is 24.3 Å². The third kappa shape index (κ3) is 7.44. The maximum Gasteiger partial charge on any atom is 0.417 e. The first-order valence-electron chi connectivity index (χ1n) is 6.85. The van der Waals surface area contributed by atoms with Gasteiger partial charge in [-0.1, -0.05) is 12.1 Å². The highest BCUT2D eigenvalue weighted by Crippen LogP contribution is 2.31. The monoisotopic (exact) mass is 374 g/mol. The number of hydrogen-bond acceptors (Lipinski definition) is 4. The summed E-state index contributed by atoms with van der Waals surface area (Å²) in [5.41, 5.74) is -1.45. The fourth-order valence-corrected chi connectivity index (χ4v) is 1.47. The average Bonchev–Trinajstić information content (AvgIpc) is 2.59. The van der Waals surface area contributed by atoms with Crippen molar-refractivity contribution in [1.29, 1.82) is 0 Å². The Kier molecular flexibility index (Phi) is 9.62. The smallest absolute Gasteiger partial charge is 0.417 e. The minimum absolute atomic E-state index is 0.0434. The van der Waals surface area contributed by atoms with Gasteiger partial charge in [-0.3, -0.25) is 0 Å². The summed E-state index contributed by atoms with van der Waals surface area (Å²) < 4.78 is 81.1. The van der Waals surface area contributed by atoms with Crippen LogP contribution in [0.4, 0.5) is 26.3 Å². The lowest BCUT2D eigenvalue weighted by atomic mass is 10.1. The summed E-state index contributed by atoms with van der Waals surface area (Å²) in [5, 5.41) is 0. The van der Waals surface area contributed by atoms with E-state index in [2.05, 4.69) is 9.47 Å². The predicted octanol–water partition coefficient (Wildman–Crippen LogP) is 3.69. The maximum absolute atomic E-state index is 12.3. The summed E-state index contributed by atoms with van der Waals surface area (Å²) in [4.78, 5) is 21.3. The van der Waals surface area contributed by atoms with E-state index < -0.39 is 48.3 Å². The van der Waals surface area contributed by atoms with Crippen LogP contribution in [-0.2, 0) is 20.4 Å². The molecular formula is C15H16F6O4. The Morgan fingerprint density at radius 2 is 1.72 bits per heavy atom. The number of rotatable bonds is 5. The molecule has 0 N–H and O–H groups in total. The fourth-order valence-electron chi connectivity index (χ4n) is 1.47. The van der Waals surface area contributed by atoms with Crippen molar-refractivity contribution in [2.45, 2.75) is 25.4 Å². The summed E-state index contributed by atoms with van der Waals surface area (Å²) in [7, 11) is 1.04. The normalized spacial score (nSPS) is 13.1. The van der Waals surface area contributed by atoms with E-state index in [1.807, 2.05) is 0 Å². The van der Waals surface area contributed by atoms with Crippen molar-refractivity contribution >= 4 is 11.9 Å². The topological polar surface area (TPSA) is 52.6 Å². The molecule has 2 unspecified atom stereocenters. The van der Waals surface area contributed by atoms with Crippen LogP contribution in [-0.4, -0.2) is 44.7 Å². The molecule has 0 spiro atoms. The number of ether oxygens (including phenoxy) is 2. The molecule has 1 aromatic rings. The second-order valence-electron chi connectivity index (χ2n) is 4.36. The van der Waals surface area contributed by atoms with Crippen LogP contribution in [0.2, 0.25) is 0 Å². The van der Waals surface area contributed by atoms with Crippen molar-refractivity contribution in [1.82, 2.24) is 0 Å². The number of halogens is 6. The molecule has 1 aromatic carbocycles. The van der Waals surface area contributed by atoms with Gasteiger partial charge in [0.2, 0.25) is 6.17 Å². The largest absolute Gasteiger partial charge is 0.465 e. The van der Waals surface area contributed by atoms with Gasteiger partial charge in [0.05, 0.1) is 24.8 Å². The van der Waals surface area contributed by atoms with Crippen molar-refractivity contribution in [3.63, 3.8) is 0 Å². The molecule has 0 aliphatic rings. The molecule has 25 heavy (non-hydrogen) atoms. The number of alkyl halides is 6. The molecule has 0 radical (unpaired) electrons. The highest BCUT2D eigenvalue weighted by molar-refractivity contribution is 5.91. The van der Waals surface area contributed by atoms with E-state index in [1.165, 1.54) is 19.1 Å². The Labute approximate surface area is 139 Å².